The number of anilines is 1. The van der Waals surface area contributed by atoms with E-state index in [2.05, 4.69) is 22.2 Å². The van der Waals surface area contributed by atoms with E-state index in [-0.39, 0.29) is 0 Å². The third-order valence-electron chi connectivity index (χ3n) is 3.08. The molecule has 0 spiro atoms. The fourth-order valence-corrected chi connectivity index (χ4v) is 1.98. The Balaban J connectivity index is 1.83. The Hall–Kier alpha value is -0.830. The summed E-state index contributed by atoms with van der Waals surface area (Å²) in [6.07, 6.45) is 3.69. The van der Waals surface area contributed by atoms with Gasteiger partial charge in [-0.3, -0.25) is 0 Å². The van der Waals surface area contributed by atoms with Crippen LogP contribution in [0.25, 0.3) is 0 Å². The second kappa shape index (κ2) is 3.34. The molecule has 3 rings (SSSR count). The highest BCUT2D eigenvalue weighted by Crippen LogP contribution is 2.45. The fourth-order valence-electron chi connectivity index (χ4n) is 1.79. The molecule has 2 aliphatic rings. The van der Waals surface area contributed by atoms with Crippen molar-refractivity contribution >= 4 is 17.4 Å². The van der Waals surface area contributed by atoms with E-state index in [0.29, 0.717) is 17.1 Å². The molecule has 0 unspecified atom stereocenters. The molecule has 2 fully saturated rings. The molecule has 0 radical (unpaired) electrons. The molecule has 4 heteroatoms. The Bertz CT molecular complexity index is 389. The summed E-state index contributed by atoms with van der Waals surface area (Å²) in [6.45, 7) is 2.23. The third kappa shape index (κ3) is 2.07. The van der Waals surface area contributed by atoms with Gasteiger partial charge in [0.1, 0.15) is 16.8 Å². The van der Waals surface area contributed by atoms with Gasteiger partial charge in [0.25, 0.3) is 0 Å². The van der Waals surface area contributed by atoms with E-state index in [9.17, 15) is 0 Å². The minimum absolute atomic E-state index is 0.531. The van der Waals surface area contributed by atoms with Crippen LogP contribution < -0.4 is 5.32 Å². The van der Waals surface area contributed by atoms with Crippen molar-refractivity contribution in [1.82, 2.24) is 9.97 Å². The maximum atomic E-state index is 5.98. The van der Waals surface area contributed by atoms with E-state index in [0.717, 1.165) is 17.6 Å². The molecule has 1 aromatic heterocycles. The first kappa shape index (κ1) is 9.40. The molecule has 0 saturated heterocycles. The minimum atomic E-state index is 0.531. The van der Waals surface area contributed by atoms with Gasteiger partial charge < -0.3 is 5.32 Å². The van der Waals surface area contributed by atoms with Gasteiger partial charge in [0.15, 0.2) is 0 Å². The number of hydrogen-bond acceptors (Lipinski definition) is 3. The summed E-state index contributed by atoms with van der Waals surface area (Å²) in [7, 11) is 0. The number of aromatic nitrogens is 2. The summed E-state index contributed by atoms with van der Waals surface area (Å²) in [4.78, 5) is 8.81. The van der Waals surface area contributed by atoms with Crippen LogP contribution >= 0.6 is 11.6 Å². The Labute approximate surface area is 94.3 Å². The SMILES string of the molecule is C[C@@H]1C[C@H]1c1nc(Cl)cc(NC2CC2)n1. The second-order valence-electron chi connectivity index (χ2n) is 4.67. The molecular weight excluding hydrogens is 210 g/mol. The molecule has 2 atom stereocenters. The van der Waals surface area contributed by atoms with Crippen molar-refractivity contribution in [3.63, 3.8) is 0 Å². The van der Waals surface area contributed by atoms with Gasteiger partial charge in [-0.05, 0) is 25.2 Å². The lowest BCUT2D eigenvalue weighted by Crippen LogP contribution is -2.05. The molecule has 1 heterocycles. The normalized spacial score (nSPS) is 28.9. The average Bonchev–Trinajstić information content (AvgIpc) is 3.03. The van der Waals surface area contributed by atoms with Crippen LogP contribution in [0.15, 0.2) is 6.07 Å². The number of nitrogens with zero attached hydrogens (tertiary/aromatic N) is 2. The highest BCUT2D eigenvalue weighted by atomic mass is 35.5. The Kier molecular flexibility index (Phi) is 2.09. The first-order chi connectivity index (χ1) is 7.22. The summed E-state index contributed by atoms with van der Waals surface area (Å²) < 4.78 is 0. The van der Waals surface area contributed by atoms with E-state index in [1.807, 2.05) is 6.07 Å². The molecule has 1 N–H and O–H groups in total. The third-order valence-corrected chi connectivity index (χ3v) is 3.28. The Morgan fingerprint density at radius 2 is 2.13 bits per heavy atom. The maximum absolute atomic E-state index is 5.98. The zero-order valence-corrected chi connectivity index (χ0v) is 9.46. The van der Waals surface area contributed by atoms with Crippen molar-refractivity contribution in [2.45, 2.75) is 38.1 Å². The van der Waals surface area contributed by atoms with Crippen molar-refractivity contribution in [2.75, 3.05) is 5.32 Å². The lowest BCUT2D eigenvalue weighted by Gasteiger charge is -2.06. The van der Waals surface area contributed by atoms with Gasteiger partial charge in [0.05, 0.1) is 0 Å². The molecule has 1 aromatic rings. The Morgan fingerprint density at radius 3 is 2.73 bits per heavy atom. The predicted octanol–water partition coefficient (Wildman–Crippen LogP) is 2.83. The highest BCUT2D eigenvalue weighted by Gasteiger charge is 2.37. The largest absolute Gasteiger partial charge is 0.367 e. The molecular formula is C11H14ClN3. The van der Waals surface area contributed by atoms with Crippen LogP contribution in [0.5, 0.6) is 0 Å². The maximum Gasteiger partial charge on any atom is 0.135 e. The monoisotopic (exact) mass is 223 g/mol. The molecule has 0 bridgehead atoms. The van der Waals surface area contributed by atoms with E-state index in [1.165, 1.54) is 19.3 Å². The van der Waals surface area contributed by atoms with Crippen LogP contribution in [0.2, 0.25) is 5.15 Å². The van der Waals surface area contributed by atoms with Crippen molar-refractivity contribution in [3.05, 3.63) is 17.0 Å². The van der Waals surface area contributed by atoms with Gasteiger partial charge in [0.2, 0.25) is 0 Å². The molecule has 0 aromatic carbocycles. The smallest absolute Gasteiger partial charge is 0.135 e. The van der Waals surface area contributed by atoms with Crippen LogP contribution in [0.3, 0.4) is 0 Å². The van der Waals surface area contributed by atoms with Crippen LogP contribution in [0.1, 0.15) is 37.9 Å². The van der Waals surface area contributed by atoms with Crippen molar-refractivity contribution in [1.29, 1.82) is 0 Å². The number of rotatable bonds is 3. The van der Waals surface area contributed by atoms with E-state index in [1.54, 1.807) is 0 Å². The summed E-state index contributed by atoms with van der Waals surface area (Å²) >= 11 is 5.98. The fraction of sp³-hybridized carbons (Fsp3) is 0.636. The van der Waals surface area contributed by atoms with Crippen molar-refractivity contribution in [3.8, 4) is 0 Å². The van der Waals surface area contributed by atoms with Crippen LogP contribution in [0.4, 0.5) is 5.82 Å². The quantitative estimate of drug-likeness (QED) is 0.801. The second-order valence-corrected chi connectivity index (χ2v) is 5.06. The van der Waals surface area contributed by atoms with Gasteiger partial charge in [-0.25, -0.2) is 9.97 Å². The molecule has 3 nitrogen and oxygen atoms in total. The Morgan fingerprint density at radius 1 is 1.40 bits per heavy atom. The molecule has 0 amide bonds. The van der Waals surface area contributed by atoms with Crippen LogP contribution in [-0.2, 0) is 0 Å². The summed E-state index contributed by atoms with van der Waals surface area (Å²) in [5.41, 5.74) is 0. The van der Waals surface area contributed by atoms with Gasteiger partial charge in [-0.2, -0.15) is 0 Å². The zero-order valence-electron chi connectivity index (χ0n) is 8.70. The summed E-state index contributed by atoms with van der Waals surface area (Å²) in [6, 6.07) is 2.43. The average molecular weight is 224 g/mol. The topological polar surface area (TPSA) is 37.8 Å². The van der Waals surface area contributed by atoms with Crippen LogP contribution in [-0.4, -0.2) is 16.0 Å². The first-order valence-corrected chi connectivity index (χ1v) is 5.91. The standard InChI is InChI=1S/C11H14ClN3/c1-6-4-8(6)11-14-9(12)5-10(15-11)13-7-2-3-7/h5-8H,2-4H2,1H3,(H,13,14,15)/t6-,8-/m1/s1. The van der Waals surface area contributed by atoms with Gasteiger partial charge in [-0.15, -0.1) is 0 Å². The molecule has 2 aliphatic carbocycles. The minimum Gasteiger partial charge on any atom is -0.367 e. The van der Waals surface area contributed by atoms with Crippen molar-refractivity contribution < 1.29 is 0 Å². The summed E-state index contributed by atoms with van der Waals surface area (Å²) in [5.74, 6) is 3.06. The highest BCUT2D eigenvalue weighted by molar-refractivity contribution is 6.29. The van der Waals surface area contributed by atoms with E-state index in [4.69, 9.17) is 11.6 Å². The number of halogens is 1. The lowest BCUT2D eigenvalue weighted by atomic mass is 10.3. The molecule has 0 aliphatic heterocycles. The first-order valence-electron chi connectivity index (χ1n) is 5.53. The molecule has 80 valence electrons. The lowest BCUT2D eigenvalue weighted by molar-refractivity contribution is 0.841. The van der Waals surface area contributed by atoms with Gasteiger partial charge in [0, 0.05) is 18.0 Å². The van der Waals surface area contributed by atoms with E-state index < -0.39 is 0 Å². The predicted molar refractivity (Wildman–Crippen MR) is 60.2 cm³/mol. The van der Waals surface area contributed by atoms with Gasteiger partial charge in [-0.1, -0.05) is 18.5 Å². The number of nitrogens with one attached hydrogen (secondary N) is 1. The van der Waals surface area contributed by atoms with Crippen molar-refractivity contribution in [2.24, 2.45) is 5.92 Å². The molecule has 15 heavy (non-hydrogen) atoms. The summed E-state index contributed by atoms with van der Waals surface area (Å²) in [5, 5.41) is 3.92. The van der Waals surface area contributed by atoms with E-state index >= 15 is 0 Å². The number of hydrogen-bond donors (Lipinski definition) is 1. The van der Waals surface area contributed by atoms with Crippen LogP contribution in [0, 0.1) is 5.92 Å². The zero-order chi connectivity index (χ0) is 10.4. The van der Waals surface area contributed by atoms with Gasteiger partial charge >= 0.3 is 0 Å². The molecule has 2 saturated carbocycles.